The largest absolute Gasteiger partial charge is 0.381 e. The molecule has 116 valence electrons. The van der Waals surface area contributed by atoms with E-state index in [1.165, 1.54) is 30.5 Å². The van der Waals surface area contributed by atoms with E-state index < -0.39 is 0 Å². The molecule has 1 aliphatic heterocycles. The average Bonchev–Trinajstić information content (AvgIpc) is 2.55. The van der Waals surface area contributed by atoms with E-state index in [2.05, 4.69) is 23.4 Å². The first-order valence-electron chi connectivity index (χ1n) is 8.50. The first-order chi connectivity index (χ1) is 10.4. The SMILES string of the molecule is CCCNCC1CCc2nc(C3CCCOC3)ncc2C1. The summed E-state index contributed by atoms with van der Waals surface area (Å²) in [6, 6.07) is 0. The first-order valence-corrected chi connectivity index (χ1v) is 8.50. The van der Waals surface area contributed by atoms with E-state index in [0.29, 0.717) is 5.92 Å². The van der Waals surface area contributed by atoms with Gasteiger partial charge in [0.15, 0.2) is 0 Å². The molecule has 2 aliphatic rings. The highest BCUT2D eigenvalue weighted by molar-refractivity contribution is 5.22. The maximum absolute atomic E-state index is 5.56. The van der Waals surface area contributed by atoms with Gasteiger partial charge in [-0.05, 0) is 63.1 Å². The van der Waals surface area contributed by atoms with Gasteiger partial charge in [0.1, 0.15) is 5.82 Å². The quantitative estimate of drug-likeness (QED) is 0.846. The van der Waals surface area contributed by atoms with E-state index >= 15 is 0 Å². The van der Waals surface area contributed by atoms with Crippen LogP contribution in [0.25, 0.3) is 0 Å². The average molecular weight is 289 g/mol. The van der Waals surface area contributed by atoms with Gasteiger partial charge in [-0.2, -0.15) is 0 Å². The Labute approximate surface area is 127 Å². The van der Waals surface area contributed by atoms with Gasteiger partial charge in [0.25, 0.3) is 0 Å². The maximum Gasteiger partial charge on any atom is 0.133 e. The molecule has 1 fully saturated rings. The molecule has 1 aromatic heterocycles. The topological polar surface area (TPSA) is 47.0 Å². The molecule has 4 heteroatoms. The number of aryl methyl sites for hydroxylation is 1. The molecule has 3 rings (SSSR count). The summed E-state index contributed by atoms with van der Waals surface area (Å²) in [6.45, 7) is 6.16. The monoisotopic (exact) mass is 289 g/mol. The molecule has 0 amide bonds. The van der Waals surface area contributed by atoms with E-state index in [-0.39, 0.29) is 0 Å². The van der Waals surface area contributed by atoms with Gasteiger partial charge in [0, 0.05) is 24.4 Å². The second-order valence-corrected chi connectivity index (χ2v) is 6.43. The number of aromatic nitrogens is 2. The Balaban J connectivity index is 1.62. The highest BCUT2D eigenvalue weighted by Crippen LogP contribution is 2.27. The van der Waals surface area contributed by atoms with Crippen LogP contribution in [0.4, 0.5) is 0 Å². The van der Waals surface area contributed by atoms with Crippen LogP contribution in [0.15, 0.2) is 6.20 Å². The van der Waals surface area contributed by atoms with Crippen molar-refractivity contribution in [1.29, 1.82) is 0 Å². The van der Waals surface area contributed by atoms with Gasteiger partial charge in [-0.3, -0.25) is 0 Å². The van der Waals surface area contributed by atoms with Crippen molar-refractivity contribution in [2.45, 2.75) is 51.4 Å². The van der Waals surface area contributed by atoms with Gasteiger partial charge in [-0.25, -0.2) is 9.97 Å². The molecule has 21 heavy (non-hydrogen) atoms. The molecule has 0 radical (unpaired) electrons. The van der Waals surface area contributed by atoms with Gasteiger partial charge in [0.2, 0.25) is 0 Å². The molecule has 2 heterocycles. The van der Waals surface area contributed by atoms with Gasteiger partial charge in [-0.1, -0.05) is 6.92 Å². The Kier molecular flexibility index (Phi) is 5.20. The van der Waals surface area contributed by atoms with Crippen molar-refractivity contribution < 1.29 is 4.74 Å². The summed E-state index contributed by atoms with van der Waals surface area (Å²) in [6.07, 6.45) is 9.09. The lowest BCUT2D eigenvalue weighted by Gasteiger charge is -2.26. The minimum atomic E-state index is 0.410. The van der Waals surface area contributed by atoms with Crippen LogP contribution < -0.4 is 5.32 Å². The van der Waals surface area contributed by atoms with Crippen LogP contribution in [-0.2, 0) is 17.6 Å². The fourth-order valence-corrected chi connectivity index (χ4v) is 3.40. The summed E-state index contributed by atoms with van der Waals surface area (Å²) in [5, 5.41) is 3.54. The minimum absolute atomic E-state index is 0.410. The fraction of sp³-hybridized carbons (Fsp3) is 0.765. The number of hydrogen-bond donors (Lipinski definition) is 1. The second kappa shape index (κ2) is 7.32. The van der Waals surface area contributed by atoms with Crippen LogP contribution >= 0.6 is 0 Å². The molecule has 0 spiro atoms. The number of ether oxygens (including phenoxy) is 1. The zero-order valence-corrected chi connectivity index (χ0v) is 13.1. The van der Waals surface area contributed by atoms with Crippen molar-refractivity contribution in [2.24, 2.45) is 5.92 Å². The normalized spacial score (nSPS) is 25.6. The fourth-order valence-electron chi connectivity index (χ4n) is 3.40. The summed E-state index contributed by atoms with van der Waals surface area (Å²) < 4.78 is 5.56. The molecule has 0 saturated carbocycles. The molecule has 0 aromatic carbocycles. The standard InChI is InChI=1S/C17H27N3O/c1-2-7-18-10-13-5-6-16-15(9-13)11-19-17(20-16)14-4-3-8-21-12-14/h11,13-14,18H,2-10,12H2,1H3. The van der Waals surface area contributed by atoms with Crippen LogP contribution in [0.1, 0.15) is 55.6 Å². The summed E-state index contributed by atoms with van der Waals surface area (Å²) >= 11 is 0. The van der Waals surface area contributed by atoms with Crippen molar-refractivity contribution in [1.82, 2.24) is 15.3 Å². The van der Waals surface area contributed by atoms with E-state index in [4.69, 9.17) is 9.72 Å². The van der Waals surface area contributed by atoms with E-state index in [9.17, 15) is 0 Å². The third-order valence-electron chi connectivity index (χ3n) is 4.66. The number of rotatable bonds is 5. The Morgan fingerprint density at radius 3 is 3.14 bits per heavy atom. The molecule has 1 aromatic rings. The lowest BCUT2D eigenvalue weighted by molar-refractivity contribution is 0.0779. The Hall–Kier alpha value is -1.00. The number of hydrogen-bond acceptors (Lipinski definition) is 4. The molecule has 1 saturated heterocycles. The Morgan fingerprint density at radius 1 is 1.38 bits per heavy atom. The predicted octanol–water partition coefficient (Wildman–Crippen LogP) is 2.48. The van der Waals surface area contributed by atoms with Crippen molar-refractivity contribution in [3.05, 3.63) is 23.3 Å². The van der Waals surface area contributed by atoms with Crippen molar-refractivity contribution in [3.8, 4) is 0 Å². The molecule has 2 unspecified atom stereocenters. The van der Waals surface area contributed by atoms with Crippen LogP contribution in [-0.4, -0.2) is 36.3 Å². The maximum atomic E-state index is 5.56. The van der Waals surface area contributed by atoms with Gasteiger partial charge in [0.05, 0.1) is 6.61 Å². The smallest absolute Gasteiger partial charge is 0.133 e. The Bertz CT molecular complexity index is 457. The van der Waals surface area contributed by atoms with Gasteiger partial charge >= 0.3 is 0 Å². The lowest BCUT2D eigenvalue weighted by Crippen LogP contribution is -2.29. The molecular weight excluding hydrogens is 262 g/mol. The highest BCUT2D eigenvalue weighted by atomic mass is 16.5. The van der Waals surface area contributed by atoms with Crippen LogP contribution in [0, 0.1) is 5.92 Å². The van der Waals surface area contributed by atoms with Crippen molar-refractivity contribution in [2.75, 3.05) is 26.3 Å². The number of nitrogens with zero attached hydrogens (tertiary/aromatic N) is 2. The molecular formula is C17H27N3O. The molecule has 4 nitrogen and oxygen atoms in total. The van der Waals surface area contributed by atoms with Crippen LogP contribution in [0.2, 0.25) is 0 Å². The van der Waals surface area contributed by atoms with E-state index in [1.54, 1.807) is 0 Å². The first kappa shape index (κ1) is 14.9. The van der Waals surface area contributed by atoms with E-state index in [0.717, 1.165) is 57.3 Å². The summed E-state index contributed by atoms with van der Waals surface area (Å²) in [5.74, 6) is 2.17. The zero-order chi connectivity index (χ0) is 14.5. The summed E-state index contributed by atoms with van der Waals surface area (Å²) in [7, 11) is 0. The van der Waals surface area contributed by atoms with E-state index in [1.807, 2.05) is 0 Å². The van der Waals surface area contributed by atoms with Gasteiger partial charge < -0.3 is 10.1 Å². The third-order valence-corrected chi connectivity index (χ3v) is 4.66. The number of nitrogens with one attached hydrogen (secondary N) is 1. The summed E-state index contributed by atoms with van der Waals surface area (Å²) in [4.78, 5) is 9.49. The Morgan fingerprint density at radius 2 is 2.33 bits per heavy atom. The zero-order valence-electron chi connectivity index (χ0n) is 13.1. The third kappa shape index (κ3) is 3.80. The molecule has 1 aliphatic carbocycles. The molecule has 2 atom stereocenters. The highest BCUT2D eigenvalue weighted by Gasteiger charge is 2.23. The second-order valence-electron chi connectivity index (χ2n) is 6.43. The predicted molar refractivity (Wildman–Crippen MR) is 83.5 cm³/mol. The summed E-state index contributed by atoms with van der Waals surface area (Å²) in [5.41, 5.74) is 2.65. The lowest BCUT2D eigenvalue weighted by atomic mass is 9.87. The minimum Gasteiger partial charge on any atom is -0.381 e. The van der Waals surface area contributed by atoms with Crippen LogP contribution in [0.3, 0.4) is 0 Å². The molecule has 0 bridgehead atoms. The van der Waals surface area contributed by atoms with Crippen molar-refractivity contribution in [3.63, 3.8) is 0 Å². The van der Waals surface area contributed by atoms with Crippen LogP contribution in [0.5, 0.6) is 0 Å². The van der Waals surface area contributed by atoms with Gasteiger partial charge in [-0.15, -0.1) is 0 Å². The van der Waals surface area contributed by atoms with Crippen molar-refractivity contribution >= 4 is 0 Å². The molecule has 1 N–H and O–H groups in total. The number of fused-ring (bicyclic) bond motifs is 1.